The van der Waals surface area contributed by atoms with Crippen LogP contribution in [0.2, 0.25) is 0 Å². The molecule has 0 radical (unpaired) electrons. The van der Waals surface area contributed by atoms with Crippen LogP contribution in [0.1, 0.15) is 33.1 Å². The Morgan fingerprint density at radius 1 is 1.39 bits per heavy atom. The molecule has 1 unspecified atom stereocenters. The van der Waals surface area contributed by atoms with Crippen molar-refractivity contribution in [3.05, 3.63) is 0 Å². The first kappa shape index (κ1) is 14.6. The van der Waals surface area contributed by atoms with Crippen molar-refractivity contribution in [3.8, 4) is 0 Å². The van der Waals surface area contributed by atoms with Crippen molar-refractivity contribution in [1.82, 2.24) is 10.2 Å². The molecule has 1 heterocycles. The van der Waals surface area contributed by atoms with Gasteiger partial charge in [0.15, 0.2) is 0 Å². The van der Waals surface area contributed by atoms with Crippen LogP contribution in [0.15, 0.2) is 0 Å². The van der Waals surface area contributed by atoms with E-state index in [0.717, 1.165) is 11.3 Å². The van der Waals surface area contributed by atoms with Crippen molar-refractivity contribution >= 4 is 17.8 Å². The first-order valence-electron chi connectivity index (χ1n) is 6.11. The first-order chi connectivity index (χ1) is 8.44. The second-order valence-electron chi connectivity index (χ2n) is 4.62. The number of carbonyl (C=O) groups excluding carboxylic acids is 3. The van der Waals surface area contributed by atoms with Gasteiger partial charge in [0.05, 0.1) is 13.7 Å². The average Bonchev–Trinajstić information content (AvgIpc) is 2.67. The van der Waals surface area contributed by atoms with Crippen LogP contribution in [-0.4, -0.2) is 48.4 Å². The molecule has 0 bridgehead atoms. The van der Waals surface area contributed by atoms with Gasteiger partial charge in [0.1, 0.15) is 5.54 Å². The maximum atomic E-state index is 11.8. The third-order valence-electron chi connectivity index (χ3n) is 3.03. The van der Waals surface area contributed by atoms with E-state index in [0.29, 0.717) is 6.54 Å². The van der Waals surface area contributed by atoms with E-state index >= 15 is 0 Å². The summed E-state index contributed by atoms with van der Waals surface area (Å²) >= 11 is 0. The molecule has 18 heavy (non-hydrogen) atoms. The maximum absolute atomic E-state index is 11.8. The predicted molar refractivity (Wildman–Crippen MR) is 64.7 cm³/mol. The van der Waals surface area contributed by atoms with Gasteiger partial charge < -0.3 is 10.1 Å². The topological polar surface area (TPSA) is 75.7 Å². The first-order valence-corrected chi connectivity index (χ1v) is 6.11. The summed E-state index contributed by atoms with van der Waals surface area (Å²) in [6.45, 7) is 4.25. The molecule has 1 rings (SSSR count). The van der Waals surface area contributed by atoms with E-state index in [-0.39, 0.29) is 31.2 Å². The number of hydrogen-bond donors (Lipinski definition) is 1. The molecule has 1 N–H and O–H groups in total. The van der Waals surface area contributed by atoms with E-state index in [1.807, 2.05) is 6.92 Å². The maximum Gasteiger partial charge on any atom is 0.327 e. The molecule has 1 aliphatic rings. The lowest BCUT2D eigenvalue weighted by molar-refractivity contribution is -0.150. The predicted octanol–water partition coefficient (Wildman–Crippen LogP) is 0.0667. The largest absolute Gasteiger partial charge is 0.468 e. The van der Waals surface area contributed by atoms with E-state index in [4.69, 9.17) is 4.74 Å². The van der Waals surface area contributed by atoms with Crippen molar-refractivity contribution in [1.29, 1.82) is 0 Å². The summed E-state index contributed by atoms with van der Waals surface area (Å²) in [7, 11) is 1.29. The second-order valence-corrected chi connectivity index (χ2v) is 4.62. The molecule has 0 aromatic rings. The van der Waals surface area contributed by atoms with E-state index in [1.165, 1.54) is 7.11 Å². The quantitative estimate of drug-likeness (QED) is 0.537. The molecule has 0 aromatic heterocycles. The van der Waals surface area contributed by atoms with Crippen molar-refractivity contribution in [2.45, 2.75) is 38.6 Å². The molecule has 0 spiro atoms. The van der Waals surface area contributed by atoms with E-state index in [1.54, 1.807) is 6.92 Å². The zero-order chi connectivity index (χ0) is 13.8. The van der Waals surface area contributed by atoms with Crippen molar-refractivity contribution < 1.29 is 19.1 Å². The van der Waals surface area contributed by atoms with Gasteiger partial charge in [0.25, 0.3) is 0 Å². The Balaban J connectivity index is 2.80. The normalized spacial score (nSPS) is 18.9. The molecular formula is C12H20N2O4. The van der Waals surface area contributed by atoms with Gasteiger partial charge in [-0.3, -0.25) is 14.5 Å². The summed E-state index contributed by atoms with van der Waals surface area (Å²) in [5.41, 5.74) is -1.04. The van der Waals surface area contributed by atoms with E-state index in [9.17, 15) is 14.4 Å². The molecule has 1 aliphatic heterocycles. The summed E-state index contributed by atoms with van der Waals surface area (Å²) < 4.78 is 4.74. The zero-order valence-corrected chi connectivity index (χ0v) is 11.1. The fraction of sp³-hybridized carbons (Fsp3) is 0.750. The zero-order valence-electron chi connectivity index (χ0n) is 11.1. The third kappa shape index (κ3) is 3.07. The fourth-order valence-electron chi connectivity index (χ4n) is 1.93. The minimum absolute atomic E-state index is 0.0251. The van der Waals surface area contributed by atoms with Gasteiger partial charge in [-0.25, -0.2) is 4.79 Å². The molecule has 0 aromatic carbocycles. The Hall–Kier alpha value is -1.43. The Labute approximate surface area is 107 Å². The summed E-state index contributed by atoms with van der Waals surface area (Å²) in [6.07, 6.45) is 1.29. The Morgan fingerprint density at radius 3 is 2.39 bits per heavy atom. The summed E-state index contributed by atoms with van der Waals surface area (Å²) in [4.78, 5) is 36.1. The van der Waals surface area contributed by atoms with Crippen LogP contribution in [0.4, 0.5) is 0 Å². The standard InChI is InChI=1S/C12H20N2O4/c1-4-7-13-12(2,11(17)18-3)8-14-9(15)5-6-10(14)16/h13H,4-8H2,1-3H3. The highest BCUT2D eigenvalue weighted by Crippen LogP contribution is 2.17. The number of nitrogens with one attached hydrogen (secondary N) is 1. The number of hydrogen-bond acceptors (Lipinski definition) is 5. The number of nitrogens with zero attached hydrogens (tertiary/aromatic N) is 1. The molecule has 1 saturated heterocycles. The van der Waals surface area contributed by atoms with Gasteiger partial charge in [-0.05, 0) is 19.9 Å². The lowest BCUT2D eigenvalue weighted by Gasteiger charge is -2.31. The van der Waals surface area contributed by atoms with Crippen LogP contribution in [0.3, 0.4) is 0 Å². The molecule has 6 heteroatoms. The number of likely N-dealkylation sites (tertiary alicyclic amines) is 1. The van der Waals surface area contributed by atoms with Gasteiger partial charge in [-0.1, -0.05) is 6.92 Å². The molecule has 1 atom stereocenters. The van der Waals surface area contributed by atoms with Crippen LogP contribution in [0, 0.1) is 0 Å². The number of amides is 2. The summed E-state index contributed by atoms with van der Waals surface area (Å²) in [5, 5.41) is 3.04. The lowest BCUT2D eigenvalue weighted by Crippen LogP contribution is -2.58. The molecule has 1 fully saturated rings. The summed E-state index contributed by atoms with van der Waals surface area (Å²) in [6, 6.07) is 0. The van der Waals surface area contributed by atoms with Crippen molar-refractivity contribution in [2.75, 3.05) is 20.2 Å². The minimum Gasteiger partial charge on any atom is -0.468 e. The second kappa shape index (κ2) is 5.95. The fourth-order valence-corrected chi connectivity index (χ4v) is 1.93. The number of ether oxygens (including phenoxy) is 1. The Kier molecular flexibility index (Phi) is 4.84. The van der Waals surface area contributed by atoms with Crippen LogP contribution in [0.25, 0.3) is 0 Å². The van der Waals surface area contributed by atoms with Crippen LogP contribution >= 0.6 is 0 Å². The highest BCUT2D eigenvalue weighted by atomic mass is 16.5. The highest BCUT2D eigenvalue weighted by Gasteiger charge is 2.41. The Bertz CT molecular complexity index is 340. The lowest BCUT2D eigenvalue weighted by atomic mass is 10.0. The number of rotatable bonds is 6. The summed E-state index contributed by atoms with van der Waals surface area (Å²) in [5.74, 6) is -0.926. The molecule has 0 aliphatic carbocycles. The van der Waals surface area contributed by atoms with E-state index in [2.05, 4.69) is 5.32 Å². The number of carbonyl (C=O) groups is 3. The number of esters is 1. The minimum atomic E-state index is -1.04. The Morgan fingerprint density at radius 2 is 1.94 bits per heavy atom. The van der Waals surface area contributed by atoms with Gasteiger partial charge in [0, 0.05) is 12.8 Å². The van der Waals surface area contributed by atoms with Gasteiger partial charge in [-0.2, -0.15) is 0 Å². The van der Waals surface area contributed by atoms with Gasteiger partial charge in [0.2, 0.25) is 11.8 Å². The van der Waals surface area contributed by atoms with Gasteiger partial charge in [-0.15, -0.1) is 0 Å². The SMILES string of the molecule is CCCNC(C)(CN1C(=O)CCC1=O)C(=O)OC. The monoisotopic (exact) mass is 256 g/mol. The number of imide groups is 1. The smallest absolute Gasteiger partial charge is 0.327 e. The highest BCUT2D eigenvalue weighted by molar-refractivity contribution is 6.02. The van der Waals surface area contributed by atoms with Crippen molar-refractivity contribution in [3.63, 3.8) is 0 Å². The van der Waals surface area contributed by atoms with Crippen molar-refractivity contribution in [2.24, 2.45) is 0 Å². The molecule has 6 nitrogen and oxygen atoms in total. The van der Waals surface area contributed by atoms with Gasteiger partial charge >= 0.3 is 5.97 Å². The van der Waals surface area contributed by atoms with Crippen LogP contribution in [-0.2, 0) is 19.1 Å². The molecule has 2 amide bonds. The van der Waals surface area contributed by atoms with Crippen LogP contribution < -0.4 is 5.32 Å². The van der Waals surface area contributed by atoms with Crippen LogP contribution in [0.5, 0.6) is 0 Å². The molecule has 0 saturated carbocycles. The molecular weight excluding hydrogens is 236 g/mol. The molecule has 102 valence electrons. The number of methoxy groups -OCH3 is 1. The van der Waals surface area contributed by atoms with E-state index < -0.39 is 11.5 Å². The average molecular weight is 256 g/mol. The third-order valence-corrected chi connectivity index (χ3v) is 3.03.